The van der Waals surface area contributed by atoms with Crippen LogP contribution in [0.1, 0.15) is 47.8 Å². The van der Waals surface area contributed by atoms with Crippen molar-refractivity contribution in [3.05, 3.63) is 258 Å². The standard InChI is InChI=1S/C67H46N4O/c1-67(2)56-24-14-12-22-48(56)50-36-53-51-34-44(28-32-60(51)70(62(53)38-57(50)67)46-20-10-5-11-21-46)45-29-33-61-52(35-45)54-37-55-49-23-13-15-25-64(49)72-65(55)40-63(54)71(61)47-30-26-43(27-31-47)66-68-58(41-16-6-3-7-17-41)39-59(69-66)42-18-8-4-9-19-42/h3-40,66,68H,1-2H3. The number of aliphatic imine (C=N–C) groups is 1. The fourth-order valence-electron chi connectivity index (χ4n) is 12.0. The summed E-state index contributed by atoms with van der Waals surface area (Å²) in [6.07, 6.45) is 1.89. The molecule has 2 aliphatic rings. The molecule has 72 heavy (non-hydrogen) atoms. The van der Waals surface area contributed by atoms with Gasteiger partial charge in [0.25, 0.3) is 0 Å². The zero-order valence-electron chi connectivity index (χ0n) is 39.8. The van der Waals surface area contributed by atoms with Crippen LogP contribution in [0.2, 0.25) is 0 Å². The van der Waals surface area contributed by atoms with E-state index in [0.29, 0.717) is 0 Å². The van der Waals surface area contributed by atoms with E-state index in [2.05, 4.69) is 247 Å². The number of para-hydroxylation sites is 2. The Labute approximate surface area is 416 Å². The summed E-state index contributed by atoms with van der Waals surface area (Å²) in [5.41, 5.74) is 21.6. The number of allylic oxidation sites excluding steroid dienone is 1. The van der Waals surface area contributed by atoms with Crippen LogP contribution >= 0.6 is 0 Å². The lowest BCUT2D eigenvalue weighted by Crippen LogP contribution is -2.24. The normalized spacial score (nSPS) is 15.1. The van der Waals surface area contributed by atoms with Crippen molar-refractivity contribution < 1.29 is 4.42 Å². The van der Waals surface area contributed by atoms with E-state index in [9.17, 15) is 0 Å². The third-order valence-corrected chi connectivity index (χ3v) is 15.5. The van der Waals surface area contributed by atoms with Gasteiger partial charge in [0.2, 0.25) is 0 Å². The van der Waals surface area contributed by atoms with Crippen LogP contribution in [0.4, 0.5) is 0 Å². The van der Waals surface area contributed by atoms with Crippen LogP contribution in [-0.4, -0.2) is 14.8 Å². The first-order chi connectivity index (χ1) is 35.4. The van der Waals surface area contributed by atoms with Crippen molar-refractivity contribution in [1.29, 1.82) is 0 Å². The first kappa shape index (κ1) is 40.7. The van der Waals surface area contributed by atoms with Gasteiger partial charge in [-0.2, -0.15) is 0 Å². The van der Waals surface area contributed by atoms with Crippen molar-refractivity contribution in [1.82, 2.24) is 14.5 Å². The fraction of sp³-hybridized carbons (Fsp3) is 0.0597. The highest BCUT2D eigenvalue weighted by molar-refractivity contribution is 6.19. The van der Waals surface area contributed by atoms with Crippen LogP contribution in [0, 0.1) is 0 Å². The number of furan rings is 1. The quantitative estimate of drug-likeness (QED) is 0.181. The van der Waals surface area contributed by atoms with Crippen LogP contribution in [0.15, 0.2) is 240 Å². The maximum absolute atomic E-state index is 6.56. The topological polar surface area (TPSA) is 47.4 Å². The van der Waals surface area contributed by atoms with Gasteiger partial charge in [-0.1, -0.05) is 159 Å². The molecule has 15 rings (SSSR count). The monoisotopic (exact) mass is 922 g/mol. The Bertz CT molecular complexity index is 4420. The third-order valence-electron chi connectivity index (χ3n) is 15.5. The lowest BCUT2D eigenvalue weighted by atomic mass is 9.82. The molecule has 1 unspecified atom stereocenters. The Hall–Kier alpha value is -9.19. The number of nitrogens with zero attached hydrogens (tertiary/aromatic N) is 3. The molecule has 0 amide bonds. The van der Waals surface area contributed by atoms with E-state index in [0.717, 1.165) is 72.4 Å². The van der Waals surface area contributed by atoms with Gasteiger partial charge in [0.05, 0.1) is 27.8 Å². The molecule has 1 aliphatic carbocycles. The van der Waals surface area contributed by atoms with Gasteiger partial charge in [-0.25, -0.2) is 0 Å². The molecule has 0 saturated heterocycles. The SMILES string of the molecule is CC1(C)c2ccccc2-c2cc3c4cc(-c5ccc6c(c5)c5cc7c(cc5n6-c5ccc(C6N=C(c8ccccc8)C=C(c8ccccc8)N6)cc5)oc5ccccc57)ccc4n(-c4ccccc4)c3cc21. The molecule has 340 valence electrons. The number of rotatable bonds is 6. The smallest absolute Gasteiger partial charge is 0.145 e. The van der Waals surface area contributed by atoms with E-state index in [4.69, 9.17) is 9.41 Å². The molecule has 1 aliphatic heterocycles. The predicted octanol–water partition coefficient (Wildman–Crippen LogP) is 16.9. The second kappa shape index (κ2) is 15.4. The minimum Gasteiger partial charge on any atom is -0.456 e. The molecule has 5 heteroatoms. The largest absolute Gasteiger partial charge is 0.456 e. The second-order valence-electron chi connectivity index (χ2n) is 20.0. The average molecular weight is 923 g/mol. The summed E-state index contributed by atoms with van der Waals surface area (Å²) in [6, 6.07) is 81.5. The lowest BCUT2D eigenvalue weighted by Gasteiger charge is -2.25. The van der Waals surface area contributed by atoms with Gasteiger partial charge in [0, 0.05) is 60.9 Å². The van der Waals surface area contributed by atoms with E-state index in [1.165, 1.54) is 66.0 Å². The molecule has 0 spiro atoms. The predicted molar refractivity (Wildman–Crippen MR) is 299 cm³/mol. The summed E-state index contributed by atoms with van der Waals surface area (Å²) in [6.45, 7) is 4.73. The van der Waals surface area contributed by atoms with Gasteiger partial charge in [-0.3, -0.25) is 4.99 Å². The second-order valence-corrected chi connectivity index (χ2v) is 20.0. The molecule has 1 atom stereocenters. The molecule has 10 aromatic carbocycles. The Morgan fingerprint density at radius 3 is 1.72 bits per heavy atom. The molecule has 5 nitrogen and oxygen atoms in total. The van der Waals surface area contributed by atoms with Gasteiger partial charge in [-0.15, -0.1) is 0 Å². The maximum atomic E-state index is 6.56. The van der Waals surface area contributed by atoms with E-state index >= 15 is 0 Å². The Balaban J connectivity index is 0.891. The van der Waals surface area contributed by atoms with Crippen molar-refractivity contribution in [3.8, 4) is 33.6 Å². The van der Waals surface area contributed by atoms with Crippen molar-refractivity contribution in [3.63, 3.8) is 0 Å². The Kier molecular flexibility index (Phi) is 8.70. The van der Waals surface area contributed by atoms with Crippen LogP contribution < -0.4 is 5.32 Å². The number of aromatic nitrogens is 2. The van der Waals surface area contributed by atoms with E-state index in [1.807, 2.05) is 12.1 Å². The highest BCUT2D eigenvalue weighted by Crippen LogP contribution is 2.51. The summed E-state index contributed by atoms with van der Waals surface area (Å²) in [7, 11) is 0. The van der Waals surface area contributed by atoms with Gasteiger partial charge in [0.15, 0.2) is 0 Å². The van der Waals surface area contributed by atoms with Gasteiger partial charge in [0.1, 0.15) is 17.3 Å². The first-order valence-corrected chi connectivity index (χ1v) is 24.9. The van der Waals surface area contributed by atoms with E-state index < -0.39 is 0 Å². The Morgan fingerprint density at radius 1 is 0.417 bits per heavy atom. The third kappa shape index (κ3) is 6.10. The zero-order chi connectivity index (χ0) is 47.7. The molecule has 0 saturated carbocycles. The number of hydrogen-bond donors (Lipinski definition) is 1. The minimum absolute atomic E-state index is 0.105. The summed E-state index contributed by atoms with van der Waals surface area (Å²) < 4.78 is 11.4. The number of nitrogens with one attached hydrogen (secondary N) is 1. The van der Waals surface area contributed by atoms with Crippen molar-refractivity contribution in [2.45, 2.75) is 25.4 Å². The molecule has 0 radical (unpaired) electrons. The highest BCUT2D eigenvalue weighted by Gasteiger charge is 2.36. The van der Waals surface area contributed by atoms with Crippen LogP contribution in [0.5, 0.6) is 0 Å². The molecule has 3 aromatic heterocycles. The van der Waals surface area contributed by atoms with Crippen LogP contribution in [0.25, 0.3) is 105 Å². The summed E-state index contributed by atoms with van der Waals surface area (Å²) >= 11 is 0. The highest BCUT2D eigenvalue weighted by atomic mass is 16.3. The molecule has 0 bridgehead atoms. The summed E-state index contributed by atoms with van der Waals surface area (Å²) in [5.74, 6) is 0. The Morgan fingerprint density at radius 2 is 1.00 bits per heavy atom. The molecular formula is C67H46N4O. The minimum atomic E-state index is -0.270. The molecule has 0 fully saturated rings. The van der Waals surface area contributed by atoms with E-state index in [1.54, 1.807) is 0 Å². The number of benzene rings is 10. The van der Waals surface area contributed by atoms with Gasteiger partial charge >= 0.3 is 0 Å². The summed E-state index contributed by atoms with van der Waals surface area (Å²) in [4.78, 5) is 5.27. The molecule has 13 aromatic rings. The van der Waals surface area contributed by atoms with E-state index in [-0.39, 0.29) is 11.6 Å². The maximum Gasteiger partial charge on any atom is 0.145 e. The van der Waals surface area contributed by atoms with Crippen molar-refractivity contribution >= 4 is 77.0 Å². The summed E-state index contributed by atoms with van der Waals surface area (Å²) in [5, 5.41) is 10.9. The number of fused-ring (bicyclic) bond motifs is 12. The van der Waals surface area contributed by atoms with Gasteiger partial charge in [-0.05, 0) is 129 Å². The van der Waals surface area contributed by atoms with Crippen molar-refractivity contribution in [2.75, 3.05) is 0 Å². The first-order valence-electron chi connectivity index (χ1n) is 24.9. The number of hydrogen-bond acceptors (Lipinski definition) is 3. The van der Waals surface area contributed by atoms with Crippen LogP contribution in [-0.2, 0) is 5.41 Å². The molecule has 1 N–H and O–H groups in total. The molecular weight excluding hydrogens is 877 g/mol. The average Bonchev–Trinajstić information content (AvgIpc) is 4.14. The fourth-order valence-corrected chi connectivity index (χ4v) is 12.0. The molecule has 4 heterocycles. The lowest BCUT2D eigenvalue weighted by molar-refractivity contribution is 0.661. The van der Waals surface area contributed by atoms with Crippen molar-refractivity contribution in [2.24, 2.45) is 4.99 Å². The van der Waals surface area contributed by atoms with Crippen LogP contribution in [0.3, 0.4) is 0 Å². The van der Waals surface area contributed by atoms with Gasteiger partial charge < -0.3 is 18.9 Å². The zero-order valence-corrected chi connectivity index (χ0v) is 39.8.